The maximum absolute atomic E-state index is 10.7. The van der Waals surface area contributed by atoms with Crippen molar-refractivity contribution in [2.75, 3.05) is 14.2 Å². The molecule has 0 aliphatic carbocycles. The highest BCUT2D eigenvalue weighted by atomic mass is 28.4. The Labute approximate surface area is 75.2 Å². The molecule has 0 N–H and O–H groups in total. The lowest BCUT2D eigenvalue weighted by atomic mass is 10.3. The SMILES string of the molecule is COC(=O)CCC[Si](C)(C)OC. The summed E-state index contributed by atoms with van der Waals surface area (Å²) in [5.74, 6) is -0.129. The molecule has 0 fully saturated rings. The number of esters is 1. The third kappa shape index (κ3) is 5.32. The van der Waals surface area contributed by atoms with E-state index in [-0.39, 0.29) is 5.97 Å². The number of hydrogen-bond donors (Lipinski definition) is 0. The van der Waals surface area contributed by atoms with Gasteiger partial charge >= 0.3 is 5.97 Å². The molecule has 4 heteroatoms. The molecule has 0 aromatic heterocycles. The lowest BCUT2D eigenvalue weighted by Crippen LogP contribution is -2.28. The number of carbonyl (C=O) groups is 1. The molecule has 0 heterocycles. The highest BCUT2D eigenvalue weighted by molar-refractivity contribution is 6.71. The van der Waals surface area contributed by atoms with Crippen LogP contribution in [0.5, 0.6) is 0 Å². The third-order valence-electron chi connectivity index (χ3n) is 1.94. The van der Waals surface area contributed by atoms with Crippen molar-refractivity contribution in [1.29, 1.82) is 0 Å². The van der Waals surface area contributed by atoms with Crippen molar-refractivity contribution in [2.45, 2.75) is 32.0 Å². The first-order chi connectivity index (χ1) is 5.52. The maximum atomic E-state index is 10.7. The van der Waals surface area contributed by atoms with Gasteiger partial charge in [-0.25, -0.2) is 0 Å². The first-order valence-electron chi connectivity index (χ1n) is 4.14. The van der Waals surface area contributed by atoms with E-state index in [1.165, 1.54) is 7.11 Å². The summed E-state index contributed by atoms with van der Waals surface area (Å²) in [6, 6.07) is 1.01. The van der Waals surface area contributed by atoms with Crippen molar-refractivity contribution in [1.82, 2.24) is 0 Å². The number of hydrogen-bond acceptors (Lipinski definition) is 3. The van der Waals surface area contributed by atoms with Gasteiger partial charge in [-0.3, -0.25) is 4.79 Å². The molecule has 0 amide bonds. The Bertz CT molecular complexity index is 145. The van der Waals surface area contributed by atoms with Crippen LogP contribution in [0, 0.1) is 0 Å². The highest BCUT2D eigenvalue weighted by Crippen LogP contribution is 2.13. The molecule has 0 spiro atoms. The number of carbonyl (C=O) groups excluding carboxylic acids is 1. The molecule has 0 aliphatic rings. The second-order valence-electron chi connectivity index (χ2n) is 3.39. The van der Waals surface area contributed by atoms with Crippen LogP contribution in [0.2, 0.25) is 19.1 Å². The standard InChI is InChI=1S/C8H18O3Si/c1-10-8(9)6-5-7-12(3,4)11-2/h5-7H2,1-4H3. The average molecular weight is 190 g/mol. The predicted molar refractivity (Wildman–Crippen MR) is 50.5 cm³/mol. The molecule has 0 unspecified atom stereocenters. The van der Waals surface area contributed by atoms with Crippen LogP contribution in [0.3, 0.4) is 0 Å². The van der Waals surface area contributed by atoms with Crippen LogP contribution in [-0.4, -0.2) is 28.5 Å². The second kappa shape index (κ2) is 5.32. The summed E-state index contributed by atoms with van der Waals surface area (Å²) in [6.45, 7) is 4.29. The van der Waals surface area contributed by atoms with E-state index >= 15 is 0 Å². The van der Waals surface area contributed by atoms with Gasteiger partial charge in [-0.1, -0.05) is 0 Å². The molecule has 0 aliphatic heterocycles. The van der Waals surface area contributed by atoms with E-state index in [0.717, 1.165) is 12.5 Å². The third-order valence-corrected chi connectivity index (χ3v) is 4.60. The molecule has 0 radical (unpaired) electrons. The largest absolute Gasteiger partial charge is 0.469 e. The molecule has 72 valence electrons. The van der Waals surface area contributed by atoms with Gasteiger partial charge in [0.2, 0.25) is 0 Å². The average Bonchev–Trinajstić information content (AvgIpc) is 2.04. The van der Waals surface area contributed by atoms with Crippen molar-refractivity contribution >= 4 is 14.3 Å². The van der Waals surface area contributed by atoms with Crippen LogP contribution in [0.15, 0.2) is 0 Å². The van der Waals surface area contributed by atoms with Crippen molar-refractivity contribution in [3.63, 3.8) is 0 Å². The Morgan fingerprint density at radius 3 is 2.33 bits per heavy atom. The van der Waals surface area contributed by atoms with Crippen LogP contribution >= 0.6 is 0 Å². The van der Waals surface area contributed by atoms with Gasteiger partial charge < -0.3 is 9.16 Å². The molecular weight excluding hydrogens is 172 g/mol. The van der Waals surface area contributed by atoms with Gasteiger partial charge in [0.1, 0.15) is 0 Å². The number of methoxy groups -OCH3 is 1. The minimum absolute atomic E-state index is 0.129. The summed E-state index contributed by atoms with van der Waals surface area (Å²) in [7, 11) is 1.69. The second-order valence-corrected chi connectivity index (χ2v) is 7.82. The molecule has 0 rings (SSSR count). The molecule has 0 aromatic carbocycles. The summed E-state index contributed by atoms with van der Waals surface area (Å²) in [6.07, 6.45) is 1.38. The molecule has 0 saturated carbocycles. The molecule has 0 atom stereocenters. The first-order valence-corrected chi connectivity index (χ1v) is 7.25. The van der Waals surface area contributed by atoms with E-state index in [2.05, 4.69) is 17.8 Å². The Morgan fingerprint density at radius 2 is 1.92 bits per heavy atom. The lowest BCUT2D eigenvalue weighted by Gasteiger charge is -2.18. The molecule has 0 bridgehead atoms. The van der Waals surface area contributed by atoms with Crippen molar-refractivity contribution in [3.8, 4) is 0 Å². The predicted octanol–water partition coefficient (Wildman–Crippen LogP) is 1.79. The van der Waals surface area contributed by atoms with Crippen molar-refractivity contribution < 1.29 is 14.0 Å². The van der Waals surface area contributed by atoms with E-state index in [4.69, 9.17) is 4.43 Å². The van der Waals surface area contributed by atoms with Crippen LogP contribution in [0.4, 0.5) is 0 Å². The number of rotatable bonds is 5. The topological polar surface area (TPSA) is 35.5 Å². The van der Waals surface area contributed by atoms with E-state index < -0.39 is 8.32 Å². The quantitative estimate of drug-likeness (QED) is 0.490. The van der Waals surface area contributed by atoms with Gasteiger partial charge in [-0.15, -0.1) is 0 Å². The van der Waals surface area contributed by atoms with Gasteiger partial charge in [0.15, 0.2) is 8.32 Å². The van der Waals surface area contributed by atoms with Crippen LogP contribution in [0.25, 0.3) is 0 Å². The molecule has 3 nitrogen and oxygen atoms in total. The smallest absolute Gasteiger partial charge is 0.305 e. The van der Waals surface area contributed by atoms with E-state index in [9.17, 15) is 4.79 Å². The van der Waals surface area contributed by atoms with E-state index in [1.807, 2.05) is 0 Å². The highest BCUT2D eigenvalue weighted by Gasteiger charge is 2.20. The van der Waals surface area contributed by atoms with Crippen molar-refractivity contribution in [2.24, 2.45) is 0 Å². The Kier molecular flexibility index (Phi) is 5.16. The van der Waals surface area contributed by atoms with Crippen LogP contribution < -0.4 is 0 Å². The fraction of sp³-hybridized carbons (Fsp3) is 0.875. The summed E-state index contributed by atoms with van der Waals surface area (Å²) in [5, 5.41) is 0. The molecule has 0 aromatic rings. The van der Waals surface area contributed by atoms with E-state index in [0.29, 0.717) is 6.42 Å². The molecule has 0 saturated heterocycles. The van der Waals surface area contributed by atoms with Gasteiger partial charge in [0, 0.05) is 13.5 Å². The zero-order chi connectivity index (χ0) is 9.61. The first kappa shape index (κ1) is 11.6. The fourth-order valence-corrected chi connectivity index (χ4v) is 2.09. The van der Waals surface area contributed by atoms with Gasteiger partial charge in [-0.2, -0.15) is 0 Å². The Hall–Kier alpha value is -0.353. The normalized spacial score (nSPS) is 11.3. The van der Waals surface area contributed by atoms with Crippen LogP contribution in [0.1, 0.15) is 12.8 Å². The minimum Gasteiger partial charge on any atom is -0.469 e. The van der Waals surface area contributed by atoms with E-state index in [1.54, 1.807) is 7.11 Å². The minimum atomic E-state index is -1.46. The fourth-order valence-electron chi connectivity index (χ4n) is 0.863. The summed E-state index contributed by atoms with van der Waals surface area (Å²) < 4.78 is 9.87. The monoisotopic (exact) mass is 190 g/mol. The zero-order valence-corrected chi connectivity index (χ0v) is 9.35. The Balaban J connectivity index is 3.49. The summed E-state index contributed by atoms with van der Waals surface area (Å²) >= 11 is 0. The van der Waals surface area contributed by atoms with Crippen molar-refractivity contribution in [3.05, 3.63) is 0 Å². The molecular formula is C8H18O3Si. The van der Waals surface area contributed by atoms with Gasteiger partial charge in [0.25, 0.3) is 0 Å². The van der Waals surface area contributed by atoms with Gasteiger partial charge in [-0.05, 0) is 25.6 Å². The maximum Gasteiger partial charge on any atom is 0.305 e. The molecule has 12 heavy (non-hydrogen) atoms. The Morgan fingerprint density at radius 1 is 1.33 bits per heavy atom. The summed E-state index contributed by atoms with van der Waals surface area (Å²) in [5.41, 5.74) is 0. The van der Waals surface area contributed by atoms with Crippen LogP contribution in [-0.2, 0) is 14.0 Å². The van der Waals surface area contributed by atoms with Gasteiger partial charge in [0.05, 0.1) is 7.11 Å². The summed E-state index contributed by atoms with van der Waals surface area (Å²) in [4.78, 5) is 10.7. The zero-order valence-electron chi connectivity index (χ0n) is 8.35. The number of ether oxygens (including phenoxy) is 1. The lowest BCUT2D eigenvalue weighted by molar-refractivity contribution is -0.140.